The maximum atomic E-state index is 11.2. The number of nitrogens with one attached hydrogen (secondary N) is 1. The summed E-state index contributed by atoms with van der Waals surface area (Å²) in [5, 5.41) is 11.3. The van der Waals surface area contributed by atoms with Crippen LogP contribution in [0.2, 0.25) is 0 Å². The first-order valence-electron chi connectivity index (χ1n) is 5.31. The fourth-order valence-corrected chi connectivity index (χ4v) is 1.37. The van der Waals surface area contributed by atoms with Gasteiger partial charge in [-0.25, -0.2) is 0 Å². The highest BCUT2D eigenvalue weighted by Gasteiger charge is 2.04. The quantitative estimate of drug-likeness (QED) is 0.799. The maximum Gasteiger partial charge on any atom is 0.226 e. The van der Waals surface area contributed by atoms with Gasteiger partial charge in [0.25, 0.3) is 0 Å². The van der Waals surface area contributed by atoms with E-state index in [0.29, 0.717) is 6.61 Å². The number of aryl methyl sites for hydroxylation is 1. The number of benzene rings is 1. The highest BCUT2D eigenvalue weighted by atomic mass is 16.5. The van der Waals surface area contributed by atoms with Gasteiger partial charge in [-0.05, 0) is 37.6 Å². The molecule has 0 saturated heterocycles. The number of anilines is 1. The van der Waals surface area contributed by atoms with Gasteiger partial charge in [0.15, 0.2) is 0 Å². The van der Waals surface area contributed by atoms with E-state index in [1.165, 1.54) is 0 Å². The van der Waals surface area contributed by atoms with Gasteiger partial charge in [-0.3, -0.25) is 4.79 Å². The highest BCUT2D eigenvalue weighted by Crippen LogP contribution is 2.21. The van der Waals surface area contributed by atoms with E-state index in [1.807, 2.05) is 26.0 Å². The van der Waals surface area contributed by atoms with Gasteiger partial charge in [-0.15, -0.1) is 0 Å². The fraction of sp³-hybridized carbons (Fsp3) is 0.417. The van der Waals surface area contributed by atoms with Crippen LogP contribution in [0.25, 0.3) is 0 Å². The second-order valence-corrected chi connectivity index (χ2v) is 3.44. The third-order valence-corrected chi connectivity index (χ3v) is 2.10. The van der Waals surface area contributed by atoms with Gasteiger partial charge in [-0.2, -0.15) is 0 Å². The van der Waals surface area contributed by atoms with Gasteiger partial charge >= 0.3 is 0 Å². The van der Waals surface area contributed by atoms with Crippen LogP contribution in [-0.2, 0) is 4.79 Å². The van der Waals surface area contributed by atoms with Crippen LogP contribution in [0.3, 0.4) is 0 Å². The Morgan fingerprint density at radius 3 is 2.81 bits per heavy atom. The average molecular weight is 223 g/mol. The van der Waals surface area contributed by atoms with Crippen LogP contribution in [0.1, 0.15) is 18.9 Å². The summed E-state index contributed by atoms with van der Waals surface area (Å²) in [6.45, 7) is 4.34. The van der Waals surface area contributed by atoms with E-state index in [1.54, 1.807) is 6.07 Å². The minimum absolute atomic E-state index is 0.117. The number of aliphatic hydroxyl groups excluding tert-OH is 1. The lowest BCUT2D eigenvalue weighted by Gasteiger charge is -2.09. The number of carbonyl (C=O) groups excluding carboxylic acids is 1. The molecule has 0 saturated carbocycles. The summed E-state index contributed by atoms with van der Waals surface area (Å²) in [5.74, 6) is 0.633. The third-order valence-electron chi connectivity index (χ3n) is 2.10. The molecule has 0 atom stereocenters. The van der Waals surface area contributed by atoms with Crippen LogP contribution in [0, 0.1) is 6.92 Å². The Hall–Kier alpha value is -1.55. The van der Waals surface area contributed by atoms with Crippen molar-refractivity contribution in [1.29, 1.82) is 0 Å². The predicted octanol–water partition coefficient (Wildman–Crippen LogP) is 1.71. The molecule has 0 aliphatic heterocycles. The van der Waals surface area contributed by atoms with Crippen molar-refractivity contribution in [1.82, 2.24) is 0 Å². The molecule has 0 radical (unpaired) electrons. The van der Waals surface area contributed by atoms with Crippen LogP contribution in [0.4, 0.5) is 5.69 Å². The van der Waals surface area contributed by atoms with Crippen molar-refractivity contribution >= 4 is 11.6 Å². The first kappa shape index (κ1) is 12.5. The molecule has 4 heteroatoms. The van der Waals surface area contributed by atoms with E-state index in [0.717, 1.165) is 17.0 Å². The first-order chi connectivity index (χ1) is 7.67. The Kier molecular flexibility index (Phi) is 4.79. The molecule has 88 valence electrons. The van der Waals surface area contributed by atoms with Crippen LogP contribution in [0.5, 0.6) is 5.75 Å². The minimum Gasteiger partial charge on any atom is -0.494 e. The van der Waals surface area contributed by atoms with Crippen LogP contribution in [-0.4, -0.2) is 24.2 Å². The van der Waals surface area contributed by atoms with Gasteiger partial charge in [-0.1, -0.05) is 0 Å². The monoisotopic (exact) mass is 223 g/mol. The molecule has 2 N–H and O–H groups in total. The molecule has 16 heavy (non-hydrogen) atoms. The van der Waals surface area contributed by atoms with Crippen molar-refractivity contribution in [2.45, 2.75) is 20.3 Å². The Labute approximate surface area is 95.2 Å². The lowest BCUT2D eigenvalue weighted by Crippen LogP contribution is -2.12. The number of carbonyl (C=O) groups is 1. The zero-order valence-electron chi connectivity index (χ0n) is 9.62. The van der Waals surface area contributed by atoms with E-state index < -0.39 is 0 Å². The standard InChI is InChI=1S/C12H17NO3/c1-3-16-11-5-4-10(8-9(11)2)13-12(15)6-7-14/h4-5,8,14H,3,6-7H2,1-2H3,(H,13,15). The molecule has 0 bridgehead atoms. The molecule has 0 unspecified atom stereocenters. The van der Waals surface area contributed by atoms with E-state index in [2.05, 4.69) is 5.32 Å². The average Bonchev–Trinajstić information content (AvgIpc) is 2.22. The molecule has 0 aliphatic rings. The third kappa shape index (κ3) is 3.55. The summed E-state index contributed by atoms with van der Waals surface area (Å²) in [5.41, 5.74) is 1.70. The molecule has 0 spiro atoms. The van der Waals surface area contributed by atoms with E-state index in [9.17, 15) is 4.79 Å². The Bertz CT molecular complexity index is 363. The Balaban J connectivity index is 2.69. The van der Waals surface area contributed by atoms with Crippen molar-refractivity contribution in [3.05, 3.63) is 23.8 Å². The smallest absolute Gasteiger partial charge is 0.226 e. The van der Waals surface area contributed by atoms with Crippen molar-refractivity contribution < 1.29 is 14.6 Å². The number of hydrogen-bond acceptors (Lipinski definition) is 3. The molecule has 0 fully saturated rings. The lowest BCUT2D eigenvalue weighted by molar-refractivity contribution is -0.116. The molecular weight excluding hydrogens is 206 g/mol. The topological polar surface area (TPSA) is 58.6 Å². The Morgan fingerprint density at radius 1 is 1.50 bits per heavy atom. The molecule has 0 heterocycles. The summed E-state index contributed by atoms with van der Waals surface area (Å²) in [6, 6.07) is 5.46. The molecule has 4 nitrogen and oxygen atoms in total. The van der Waals surface area contributed by atoms with E-state index in [-0.39, 0.29) is 18.9 Å². The molecule has 1 rings (SSSR count). The van der Waals surface area contributed by atoms with Crippen molar-refractivity contribution in [3.8, 4) is 5.75 Å². The van der Waals surface area contributed by atoms with Crippen LogP contribution < -0.4 is 10.1 Å². The number of aliphatic hydroxyl groups is 1. The second kappa shape index (κ2) is 6.12. The summed E-state index contributed by atoms with van der Waals surface area (Å²) in [6.07, 6.45) is 0.117. The lowest BCUT2D eigenvalue weighted by atomic mass is 10.2. The molecule has 0 aliphatic carbocycles. The van der Waals surface area contributed by atoms with Gasteiger partial charge in [0, 0.05) is 5.69 Å². The molecular formula is C12H17NO3. The summed E-state index contributed by atoms with van der Waals surface area (Å²) in [4.78, 5) is 11.2. The van der Waals surface area contributed by atoms with Crippen LogP contribution in [0.15, 0.2) is 18.2 Å². The Morgan fingerprint density at radius 2 is 2.25 bits per heavy atom. The molecule has 1 aromatic carbocycles. The molecule has 1 aromatic rings. The number of ether oxygens (including phenoxy) is 1. The number of amides is 1. The number of rotatable bonds is 5. The fourth-order valence-electron chi connectivity index (χ4n) is 1.37. The summed E-state index contributed by atoms with van der Waals surface area (Å²) < 4.78 is 5.39. The van der Waals surface area contributed by atoms with Crippen molar-refractivity contribution in [2.24, 2.45) is 0 Å². The normalized spacial score (nSPS) is 9.94. The van der Waals surface area contributed by atoms with E-state index >= 15 is 0 Å². The van der Waals surface area contributed by atoms with Gasteiger partial charge < -0.3 is 15.2 Å². The maximum absolute atomic E-state index is 11.2. The number of hydrogen-bond donors (Lipinski definition) is 2. The van der Waals surface area contributed by atoms with E-state index in [4.69, 9.17) is 9.84 Å². The zero-order valence-corrected chi connectivity index (χ0v) is 9.62. The van der Waals surface area contributed by atoms with Gasteiger partial charge in [0.1, 0.15) is 5.75 Å². The van der Waals surface area contributed by atoms with Gasteiger partial charge in [0.2, 0.25) is 5.91 Å². The first-order valence-corrected chi connectivity index (χ1v) is 5.31. The highest BCUT2D eigenvalue weighted by molar-refractivity contribution is 5.90. The summed E-state index contributed by atoms with van der Waals surface area (Å²) in [7, 11) is 0. The zero-order chi connectivity index (χ0) is 12.0. The minimum atomic E-state index is -0.189. The largest absolute Gasteiger partial charge is 0.494 e. The second-order valence-electron chi connectivity index (χ2n) is 3.44. The van der Waals surface area contributed by atoms with Gasteiger partial charge in [0.05, 0.1) is 19.6 Å². The summed E-state index contributed by atoms with van der Waals surface area (Å²) >= 11 is 0. The van der Waals surface area contributed by atoms with Crippen molar-refractivity contribution in [2.75, 3.05) is 18.5 Å². The predicted molar refractivity (Wildman–Crippen MR) is 62.7 cm³/mol. The molecule has 1 amide bonds. The SMILES string of the molecule is CCOc1ccc(NC(=O)CCO)cc1C. The van der Waals surface area contributed by atoms with Crippen molar-refractivity contribution in [3.63, 3.8) is 0 Å². The van der Waals surface area contributed by atoms with Crippen LogP contribution >= 0.6 is 0 Å². The molecule has 0 aromatic heterocycles.